The molecule has 0 saturated carbocycles. The first kappa shape index (κ1) is 11.8. The third kappa shape index (κ3) is 4.63. The minimum Gasteiger partial charge on any atom is -0.493 e. The first-order valence-corrected chi connectivity index (χ1v) is 5.51. The number of anilines is 1. The fourth-order valence-electron chi connectivity index (χ4n) is 1.38. The smallest absolute Gasteiger partial charge is 0.226 e. The zero-order valence-electron chi connectivity index (χ0n) is 9.45. The van der Waals surface area contributed by atoms with Gasteiger partial charge in [-0.05, 0) is 13.3 Å². The van der Waals surface area contributed by atoms with E-state index in [1.54, 1.807) is 6.07 Å². The van der Waals surface area contributed by atoms with Gasteiger partial charge in [0.1, 0.15) is 0 Å². The van der Waals surface area contributed by atoms with Gasteiger partial charge in [0.15, 0.2) is 0 Å². The number of nitrogens with one attached hydrogen (secondary N) is 1. The maximum absolute atomic E-state index is 9.24. The van der Waals surface area contributed by atoms with Gasteiger partial charge >= 0.3 is 0 Å². The number of unbranched alkanes of at least 4 members (excludes halogenated alkanes) is 3. The second-order valence-corrected chi connectivity index (χ2v) is 3.68. The minimum absolute atomic E-state index is 0.0264. The van der Waals surface area contributed by atoms with Crippen LogP contribution in [0.4, 0.5) is 5.95 Å². The Kier molecular flexibility index (Phi) is 4.87. The van der Waals surface area contributed by atoms with E-state index in [2.05, 4.69) is 22.2 Å². The summed E-state index contributed by atoms with van der Waals surface area (Å²) in [6.07, 6.45) is 4.84. The molecule has 4 nitrogen and oxygen atoms in total. The van der Waals surface area contributed by atoms with Gasteiger partial charge in [-0.3, -0.25) is 0 Å². The van der Waals surface area contributed by atoms with Crippen LogP contribution in [-0.4, -0.2) is 21.6 Å². The molecular weight excluding hydrogens is 190 g/mol. The molecule has 1 aromatic heterocycles. The standard InChI is InChI=1S/C11H19N3O/c1-3-4-5-6-7-12-11-13-9(2)8-10(15)14-11/h8H,3-7H2,1-2H3,(H2,12,13,14,15). The van der Waals surface area contributed by atoms with Crippen LogP contribution < -0.4 is 5.32 Å². The number of aromatic hydroxyl groups is 1. The lowest BCUT2D eigenvalue weighted by Crippen LogP contribution is -2.05. The first-order chi connectivity index (χ1) is 7.22. The molecule has 84 valence electrons. The Balaban J connectivity index is 2.31. The molecule has 4 heteroatoms. The molecule has 0 fully saturated rings. The van der Waals surface area contributed by atoms with Crippen molar-refractivity contribution < 1.29 is 5.11 Å². The van der Waals surface area contributed by atoms with Crippen molar-refractivity contribution in [2.45, 2.75) is 39.5 Å². The Morgan fingerprint density at radius 3 is 2.73 bits per heavy atom. The summed E-state index contributed by atoms with van der Waals surface area (Å²) in [5.74, 6) is 0.544. The molecule has 0 saturated heterocycles. The maximum atomic E-state index is 9.24. The zero-order valence-corrected chi connectivity index (χ0v) is 9.45. The largest absolute Gasteiger partial charge is 0.493 e. The van der Waals surface area contributed by atoms with Gasteiger partial charge in [0.25, 0.3) is 0 Å². The Morgan fingerprint density at radius 2 is 2.07 bits per heavy atom. The fourth-order valence-corrected chi connectivity index (χ4v) is 1.38. The zero-order chi connectivity index (χ0) is 11.1. The van der Waals surface area contributed by atoms with E-state index in [1.807, 2.05) is 6.92 Å². The summed E-state index contributed by atoms with van der Waals surface area (Å²) in [5.41, 5.74) is 0.776. The Labute approximate surface area is 90.8 Å². The van der Waals surface area contributed by atoms with Crippen molar-refractivity contribution in [3.05, 3.63) is 11.8 Å². The molecule has 1 aromatic rings. The molecule has 0 aliphatic carbocycles. The van der Waals surface area contributed by atoms with Crippen molar-refractivity contribution in [1.29, 1.82) is 0 Å². The third-order valence-corrected chi connectivity index (χ3v) is 2.15. The van der Waals surface area contributed by atoms with E-state index in [1.165, 1.54) is 19.3 Å². The third-order valence-electron chi connectivity index (χ3n) is 2.15. The van der Waals surface area contributed by atoms with Crippen LogP contribution in [0.2, 0.25) is 0 Å². The van der Waals surface area contributed by atoms with Crippen molar-refractivity contribution >= 4 is 5.95 Å². The summed E-state index contributed by atoms with van der Waals surface area (Å²) in [7, 11) is 0. The SMILES string of the molecule is CCCCCCNc1nc(C)cc(O)n1. The fraction of sp³-hybridized carbons (Fsp3) is 0.636. The monoisotopic (exact) mass is 209 g/mol. The first-order valence-electron chi connectivity index (χ1n) is 5.51. The number of aryl methyl sites for hydroxylation is 1. The van der Waals surface area contributed by atoms with E-state index in [0.717, 1.165) is 18.7 Å². The van der Waals surface area contributed by atoms with Gasteiger partial charge in [0, 0.05) is 18.3 Å². The lowest BCUT2D eigenvalue weighted by atomic mass is 10.2. The van der Waals surface area contributed by atoms with Gasteiger partial charge in [0.2, 0.25) is 11.8 Å². The van der Waals surface area contributed by atoms with Crippen LogP contribution >= 0.6 is 0 Å². The number of rotatable bonds is 6. The Morgan fingerprint density at radius 1 is 1.27 bits per heavy atom. The summed E-state index contributed by atoms with van der Waals surface area (Å²) < 4.78 is 0. The van der Waals surface area contributed by atoms with Crippen molar-refractivity contribution in [3.8, 4) is 5.88 Å². The lowest BCUT2D eigenvalue weighted by molar-refractivity contribution is 0.452. The summed E-state index contributed by atoms with van der Waals surface area (Å²) >= 11 is 0. The molecule has 0 aliphatic heterocycles. The van der Waals surface area contributed by atoms with Crippen molar-refractivity contribution in [2.24, 2.45) is 0 Å². The molecule has 0 radical (unpaired) electrons. The van der Waals surface area contributed by atoms with Gasteiger partial charge < -0.3 is 10.4 Å². The van der Waals surface area contributed by atoms with Crippen LogP contribution in [0.5, 0.6) is 5.88 Å². The summed E-state index contributed by atoms with van der Waals surface area (Å²) in [4.78, 5) is 8.05. The average molecular weight is 209 g/mol. The normalized spacial score (nSPS) is 10.3. The lowest BCUT2D eigenvalue weighted by Gasteiger charge is -2.05. The van der Waals surface area contributed by atoms with Crippen LogP contribution in [-0.2, 0) is 0 Å². The molecule has 1 heterocycles. The van der Waals surface area contributed by atoms with Crippen molar-refractivity contribution in [2.75, 3.05) is 11.9 Å². The molecule has 0 amide bonds. The van der Waals surface area contributed by atoms with Crippen LogP contribution in [0, 0.1) is 6.92 Å². The predicted octanol–water partition coefficient (Wildman–Crippen LogP) is 2.48. The molecule has 0 spiro atoms. The molecule has 1 rings (SSSR count). The van der Waals surface area contributed by atoms with Gasteiger partial charge in [0.05, 0.1) is 0 Å². The molecule has 0 atom stereocenters. The number of aromatic nitrogens is 2. The summed E-state index contributed by atoms with van der Waals surface area (Å²) in [5, 5.41) is 12.3. The second-order valence-electron chi connectivity index (χ2n) is 3.68. The highest BCUT2D eigenvalue weighted by atomic mass is 16.3. The van der Waals surface area contributed by atoms with E-state index >= 15 is 0 Å². The highest BCUT2D eigenvalue weighted by molar-refractivity contribution is 5.29. The van der Waals surface area contributed by atoms with Gasteiger partial charge in [-0.1, -0.05) is 26.2 Å². The average Bonchev–Trinajstić information content (AvgIpc) is 2.16. The quantitative estimate of drug-likeness (QED) is 0.707. The number of nitrogens with zero attached hydrogens (tertiary/aromatic N) is 2. The van der Waals surface area contributed by atoms with Gasteiger partial charge in [-0.2, -0.15) is 4.98 Å². The summed E-state index contributed by atoms with van der Waals surface area (Å²) in [6, 6.07) is 1.54. The molecule has 0 bridgehead atoms. The van der Waals surface area contributed by atoms with Gasteiger partial charge in [-0.25, -0.2) is 4.98 Å². The van der Waals surface area contributed by atoms with E-state index < -0.39 is 0 Å². The number of hydrogen-bond acceptors (Lipinski definition) is 4. The predicted molar refractivity (Wildman–Crippen MR) is 61.1 cm³/mol. The Hall–Kier alpha value is -1.32. The highest BCUT2D eigenvalue weighted by Gasteiger charge is 1.99. The van der Waals surface area contributed by atoms with E-state index in [9.17, 15) is 5.11 Å². The second kappa shape index (κ2) is 6.22. The van der Waals surface area contributed by atoms with E-state index in [0.29, 0.717) is 5.95 Å². The summed E-state index contributed by atoms with van der Waals surface area (Å²) in [6.45, 7) is 4.89. The van der Waals surface area contributed by atoms with Crippen LogP contribution in [0.15, 0.2) is 6.07 Å². The van der Waals surface area contributed by atoms with Crippen LogP contribution in [0.1, 0.15) is 38.3 Å². The number of hydrogen-bond donors (Lipinski definition) is 2. The van der Waals surface area contributed by atoms with Crippen molar-refractivity contribution in [1.82, 2.24) is 9.97 Å². The molecule has 15 heavy (non-hydrogen) atoms. The molecule has 0 aromatic carbocycles. The van der Waals surface area contributed by atoms with E-state index in [4.69, 9.17) is 0 Å². The molecule has 2 N–H and O–H groups in total. The van der Waals surface area contributed by atoms with Gasteiger partial charge in [-0.15, -0.1) is 0 Å². The highest BCUT2D eigenvalue weighted by Crippen LogP contribution is 2.09. The molecular formula is C11H19N3O. The maximum Gasteiger partial charge on any atom is 0.226 e. The molecule has 0 unspecified atom stereocenters. The van der Waals surface area contributed by atoms with Crippen molar-refractivity contribution in [3.63, 3.8) is 0 Å². The van der Waals surface area contributed by atoms with E-state index in [-0.39, 0.29) is 5.88 Å². The van der Waals surface area contributed by atoms with Crippen LogP contribution in [0.25, 0.3) is 0 Å². The topological polar surface area (TPSA) is 58.0 Å². The van der Waals surface area contributed by atoms with Crippen LogP contribution in [0.3, 0.4) is 0 Å². The molecule has 0 aliphatic rings. The minimum atomic E-state index is 0.0264. The Bertz CT molecular complexity index is 282.